The number of hydrogen-bond donors (Lipinski definition) is 1. The summed E-state index contributed by atoms with van der Waals surface area (Å²) < 4.78 is 0. The summed E-state index contributed by atoms with van der Waals surface area (Å²) in [6.45, 7) is 14.3. The number of carbonyl (C=O) groups is 2. The highest BCUT2D eigenvalue weighted by atomic mass is 35.5. The van der Waals surface area contributed by atoms with Crippen molar-refractivity contribution in [1.82, 2.24) is 10.5 Å². The van der Waals surface area contributed by atoms with Crippen molar-refractivity contribution in [1.29, 1.82) is 0 Å². The van der Waals surface area contributed by atoms with Crippen LogP contribution in [0.1, 0.15) is 81.7 Å². The number of hydroxylamine groups is 1. The topological polar surface area (TPSA) is 68.3 Å². The van der Waals surface area contributed by atoms with Crippen LogP contribution in [0.5, 0.6) is 0 Å². The highest BCUT2D eigenvalue weighted by Gasteiger charge is 2.35. The summed E-state index contributed by atoms with van der Waals surface area (Å²) in [5, 5.41) is 0.425. The van der Waals surface area contributed by atoms with Gasteiger partial charge in [0.25, 0.3) is 0 Å². The molecule has 5 nitrogen and oxygen atoms in total. The van der Waals surface area contributed by atoms with E-state index in [4.69, 9.17) is 16.4 Å². The molecule has 1 atom stereocenters. The second-order valence-electron chi connectivity index (χ2n) is 8.62. The van der Waals surface area contributed by atoms with Gasteiger partial charge in [-0.05, 0) is 69.1 Å². The van der Waals surface area contributed by atoms with Crippen LogP contribution >= 0.6 is 11.6 Å². The lowest BCUT2D eigenvalue weighted by molar-refractivity contribution is -0.119. The number of Topliss-reactive ketones (excluding diaryl/α,β-unsaturated/α-hetero) is 2. The second kappa shape index (κ2) is 11.1. The van der Waals surface area contributed by atoms with Crippen LogP contribution in [0.3, 0.4) is 0 Å². The number of aromatic nitrogens is 1. The average Bonchev–Trinajstić information content (AvgIpc) is 2.69. The summed E-state index contributed by atoms with van der Waals surface area (Å²) in [4.78, 5) is 36.6. The fourth-order valence-electron chi connectivity index (χ4n) is 4.12. The summed E-state index contributed by atoms with van der Waals surface area (Å²) >= 11 is 6.55. The van der Waals surface area contributed by atoms with E-state index in [-0.39, 0.29) is 29.8 Å². The van der Waals surface area contributed by atoms with Gasteiger partial charge in [-0.3, -0.25) is 19.9 Å². The van der Waals surface area contributed by atoms with Crippen molar-refractivity contribution in [3.63, 3.8) is 0 Å². The number of pyridine rings is 1. The third-order valence-electron chi connectivity index (χ3n) is 5.80. The molecule has 0 saturated carbocycles. The number of rotatable bonds is 9. The molecular weight excluding hydrogens is 412 g/mol. The van der Waals surface area contributed by atoms with E-state index in [0.29, 0.717) is 47.9 Å². The van der Waals surface area contributed by atoms with E-state index in [1.807, 2.05) is 54.5 Å². The Morgan fingerprint density at radius 2 is 1.90 bits per heavy atom. The Labute approximate surface area is 191 Å². The summed E-state index contributed by atoms with van der Waals surface area (Å²) in [6.07, 6.45) is 3.76. The lowest BCUT2D eigenvalue weighted by Gasteiger charge is -2.29. The highest BCUT2D eigenvalue weighted by molar-refractivity contribution is 6.30. The van der Waals surface area contributed by atoms with Gasteiger partial charge in [0, 0.05) is 29.7 Å². The number of halogens is 1. The highest BCUT2D eigenvalue weighted by Crippen LogP contribution is 2.42. The van der Waals surface area contributed by atoms with Gasteiger partial charge >= 0.3 is 0 Å². The number of ketones is 2. The molecule has 2 rings (SSSR count). The van der Waals surface area contributed by atoms with Crippen LogP contribution < -0.4 is 5.48 Å². The zero-order chi connectivity index (χ0) is 23.3. The average molecular weight is 447 g/mol. The Morgan fingerprint density at radius 3 is 2.48 bits per heavy atom. The van der Waals surface area contributed by atoms with E-state index in [1.165, 1.54) is 0 Å². The first kappa shape index (κ1) is 25.3. The van der Waals surface area contributed by atoms with Crippen LogP contribution in [0, 0.1) is 26.7 Å². The van der Waals surface area contributed by atoms with Crippen molar-refractivity contribution < 1.29 is 14.4 Å². The molecule has 170 valence electrons. The molecule has 0 bridgehead atoms. The maximum atomic E-state index is 13.4. The van der Waals surface area contributed by atoms with Crippen LogP contribution in [0.4, 0.5) is 0 Å². The minimum atomic E-state index is -0.170. The smallest absolute Gasteiger partial charge is 0.166 e. The molecule has 0 saturated heterocycles. The molecule has 0 radical (unpaired) electrons. The Hall–Kier alpha value is -1.98. The zero-order valence-electron chi connectivity index (χ0n) is 19.8. The minimum Gasteiger partial charge on any atom is -0.295 e. The predicted octanol–water partition coefficient (Wildman–Crippen LogP) is 5.85. The quantitative estimate of drug-likeness (QED) is 0.380. The molecule has 1 unspecified atom stereocenters. The van der Waals surface area contributed by atoms with Gasteiger partial charge in [-0.15, -0.1) is 0 Å². The van der Waals surface area contributed by atoms with Crippen LogP contribution in [-0.4, -0.2) is 23.2 Å². The van der Waals surface area contributed by atoms with Crippen molar-refractivity contribution in [3.05, 3.63) is 50.5 Å². The van der Waals surface area contributed by atoms with Crippen LogP contribution in [0.15, 0.2) is 22.9 Å². The lowest BCUT2D eigenvalue weighted by atomic mass is 9.75. The van der Waals surface area contributed by atoms with Gasteiger partial charge in [0.15, 0.2) is 11.6 Å². The molecule has 0 amide bonds. The number of hydrogen-bond acceptors (Lipinski definition) is 5. The van der Waals surface area contributed by atoms with Crippen molar-refractivity contribution in [2.24, 2.45) is 5.92 Å². The van der Waals surface area contributed by atoms with E-state index in [0.717, 1.165) is 22.4 Å². The number of nitrogens with zero attached hydrogens (tertiary/aromatic N) is 1. The molecule has 1 heterocycles. The minimum absolute atomic E-state index is 0.00826. The van der Waals surface area contributed by atoms with Crippen LogP contribution in [0.2, 0.25) is 5.15 Å². The Kier molecular flexibility index (Phi) is 9.01. The second-order valence-corrected chi connectivity index (χ2v) is 8.97. The number of nitrogens with one attached hydrogen (secondary N) is 1. The number of carbonyl (C=O) groups excluding carboxylic acids is 2. The van der Waals surface area contributed by atoms with Gasteiger partial charge in [0.1, 0.15) is 5.15 Å². The Morgan fingerprint density at radius 1 is 1.23 bits per heavy atom. The van der Waals surface area contributed by atoms with Gasteiger partial charge < -0.3 is 0 Å². The standard InChI is InChI=1S/C25H35ClN2O3/c1-8-10-20(28-31-9-2)24-19(21(29)11-14(3)4)12-18(13-22(24)30)23-16(6)15(5)17(7)27-25(23)26/h10,14,18,28H,8-9,11-13H2,1-7H3. The third kappa shape index (κ3) is 5.83. The zero-order valence-corrected chi connectivity index (χ0v) is 20.6. The molecule has 1 aromatic rings. The summed E-state index contributed by atoms with van der Waals surface area (Å²) in [7, 11) is 0. The number of aryl methyl sites for hydroxylation is 1. The first-order valence-electron chi connectivity index (χ1n) is 11.1. The monoisotopic (exact) mass is 446 g/mol. The van der Waals surface area contributed by atoms with Crippen LogP contribution in [0.25, 0.3) is 0 Å². The van der Waals surface area contributed by atoms with E-state index < -0.39 is 0 Å². The fourth-order valence-corrected chi connectivity index (χ4v) is 4.54. The molecule has 0 aliphatic heterocycles. The van der Waals surface area contributed by atoms with Gasteiger partial charge in [-0.2, -0.15) is 0 Å². The molecule has 1 aliphatic carbocycles. The molecule has 1 N–H and O–H groups in total. The van der Waals surface area contributed by atoms with Gasteiger partial charge in [0.05, 0.1) is 12.3 Å². The Balaban J connectivity index is 2.62. The molecule has 0 aromatic carbocycles. The van der Waals surface area contributed by atoms with E-state index >= 15 is 0 Å². The lowest BCUT2D eigenvalue weighted by Crippen LogP contribution is -2.29. The fraction of sp³-hybridized carbons (Fsp3) is 0.560. The van der Waals surface area contributed by atoms with Crippen molar-refractivity contribution >= 4 is 23.2 Å². The first-order valence-corrected chi connectivity index (χ1v) is 11.5. The molecule has 0 fully saturated rings. The summed E-state index contributed by atoms with van der Waals surface area (Å²) in [5.41, 5.74) is 8.39. The maximum Gasteiger partial charge on any atom is 0.166 e. The first-order chi connectivity index (χ1) is 14.6. The molecular formula is C25H35ClN2O3. The molecule has 6 heteroatoms. The largest absolute Gasteiger partial charge is 0.295 e. The van der Waals surface area contributed by atoms with Gasteiger partial charge in [-0.25, -0.2) is 4.98 Å². The molecule has 1 aromatic heterocycles. The maximum absolute atomic E-state index is 13.4. The van der Waals surface area contributed by atoms with E-state index in [9.17, 15) is 9.59 Å². The summed E-state index contributed by atoms with van der Waals surface area (Å²) in [6, 6.07) is 0. The normalized spacial score (nSPS) is 17.5. The number of allylic oxidation sites excluding steroid dienone is 3. The molecule has 1 aliphatic rings. The van der Waals surface area contributed by atoms with Crippen LogP contribution in [-0.2, 0) is 14.4 Å². The van der Waals surface area contributed by atoms with Crippen molar-refractivity contribution in [3.8, 4) is 0 Å². The van der Waals surface area contributed by atoms with Crippen molar-refractivity contribution in [2.75, 3.05) is 6.61 Å². The molecule has 31 heavy (non-hydrogen) atoms. The third-order valence-corrected chi connectivity index (χ3v) is 6.09. The predicted molar refractivity (Wildman–Crippen MR) is 125 cm³/mol. The summed E-state index contributed by atoms with van der Waals surface area (Å²) in [5.74, 6) is -0.0294. The van der Waals surface area contributed by atoms with E-state index in [1.54, 1.807) is 0 Å². The van der Waals surface area contributed by atoms with E-state index in [2.05, 4.69) is 10.5 Å². The van der Waals surface area contributed by atoms with Gasteiger partial charge in [0.2, 0.25) is 0 Å². The Bertz CT molecular complexity index is 916. The van der Waals surface area contributed by atoms with Gasteiger partial charge in [-0.1, -0.05) is 38.4 Å². The van der Waals surface area contributed by atoms with Crippen molar-refractivity contribution in [2.45, 2.75) is 80.1 Å². The molecule has 0 spiro atoms. The SMILES string of the molecule is CCC=C(NOCC)C1=C(C(=O)CC(C)C)CC(c2c(Cl)nc(C)c(C)c2C)CC1=O.